The minimum Gasteiger partial charge on any atom is -0.497 e. The predicted octanol–water partition coefficient (Wildman–Crippen LogP) is 1.70. The van der Waals surface area contributed by atoms with Crippen LogP contribution in [0.5, 0.6) is 5.75 Å². The number of aromatic amines is 1. The molecule has 1 heterocycles. The van der Waals surface area contributed by atoms with E-state index in [-0.39, 0.29) is 11.4 Å². The normalized spacial score (nSPS) is 10.9. The smallest absolute Gasteiger partial charge is 0.307 e. The number of nitrogens with zero attached hydrogens (tertiary/aromatic N) is 2. The molecule has 0 spiro atoms. The first-order valence-electron chi connectivity index (χ1n) is 7.14. The van der Waals surface area contributed by atoms with Crippen LogP contribution in [0.4, 0.5) is 0 Å². The highest BCUT2D eigenvalue weighted by Crippen LogP contribution is 2.09. The summed E-state index contributed by atoms with van der Waals surface area (Å²) in [6.45, 7) is 0. The van der Waals surface area contributed by atoms with E-state index >= 15 is 0 Å². The molecule has 0 aliphatic carbocycles. The van der Waals surface area contributed by atoms with E-state index in [1.807, 2.05) is 0 Å². The van der Waals surface area contributed by atoms with Crippen LogP contribution >= 0.6 is 0 Å². The van der Waals surface area contributed by atoms with Gasteiger partial charge >= 0.3 is 5.91 Å². The third-order valence-corrected chi connectivity index (χ3v) is 3.32. The number of hydrogen-bond acceptors (Lipinski definition) is 5. The Bertz CT molecular complexity index is 961. The molecule has 3 aromatic rings. The molecule has 2 aromatic carbocycles. The van der Waals surface area contributed by atoms with E-state index in [0.717, 1.165) is 11.3 Å². The van der Waals surface area contributed by atoms with Crippen LogP contribution in [0.25, 0.3) is 10.9 Å². The van der Waals surface area contributed by atoms with E-state index in [2.05, 4.69) is 20.5 Å². The second kappa shape index (κ2) is 6.74. The van der Waals surface area contributed by atoms with Crippen LogP contribution in [-0.4, -0.2) is 29.2 Å². The molecule has 0 aliphatic heterocycles. The molecule has 0 saturated carbocycles. The Kier molecular flexibility index (Phi) is 4.33. The molecule has 0 fully saturated rings. The van der Waals surface area contributed by atoms with Gasteiger partial charge in [0.2, 0.25) is 5.82 Å². The molecule has 120 valence electrons. The van der Waals surface area contributed by atoms with Crippen LogP contribution < -0.4 is 15.7 Å². The van der Waals surface area contributed by atoms with Crippen LogP contribution in [-0.2, 0) is 0 Å². The number of para-hydroxylation sites is 1. The number of rotatable bonds is 4. The summed E-state index contributed by atoms with van der Waals surface area (Å²) >= 11 is 0. The third kappa shape index (κ3) is 3.30. The average molecular weight is 322 g/mol. The molecule has 24 heavy (non-hydrogen) atoms. The fourth-order valence-corrected chi connectivity index (χ4v) is 2.10. The predicted molar refractivity (Wildman–Crippen MR) is 90.4 cm³/mol. The Morgan fingerprint density at radius 2 is 1.96 bits per heavy atom. The summed E-state index contributed by atoms with van der Waals surface area (Å²) in [6.07, 6.45) is 1.48. The summed E-state index contributed by atoms with van der Waals surface area (Å²) in [4.78, 5) is 30.6. The summed E-state index contributed by atoms with van der Waals surface area (Å²) < 4.78 is 5.06. The maximum absolute atomic E-state index is 12.1. The highest BCUT2D eigenvalue weighted by atomic mass is 16.5. The number of amides is 1. The molecule has 0 unspecified atom stereocenters. The van der Waals surface area contributed by atoms with Gasteiger partial charge in [-0.3, -0.25) is 9.59 Å². The van der Waals surface area contributed by atoms with Gasteiger partial charge in [0, 0.05) is 0 Å². The molecular formula is C17H14N4O3. The maximum Gasteiger partial charge on any atom is 0.307 e. The van der Waals surface area contributed by atoms with Crippen molar-refractivity contribution in [1.82, 2.24) is 15.4 Å². The van der Waals surface area contributed by atoms with Crippen LogP contribution in [0.1, 0.15) is 16.2 Å². The van der Waals surface area contributed by atoms with Crippen molar-refractivity contribution in [3.63, 3.8) is 0 Å². The summed E-state index contributed by atoms with van der Waals surface area (Å²) in [5, 5.41) is 4.28. The topological polar surface area (TPSA) is 96.4 Å². The van der Waals surface area contributed by atoms with Crippen molar-refractivity contribution in [3.05, 3.63) is 70.3 Å². The lowest BCUT2D eigenvalue weighted by Crippen LogP contribution is -2.24. The van der Waals surface area contributed by atoms with Crippen molar-refractivity contribution in [2.24, 2.45) is 5.10 Å². The van der Waals surface area contributed by atoms with Crippen molar-refractivity contribution in [1.29, 1.82) is 0 Å². The van der Waals surface area contributed by atoms with Gasteiger partial charge in [-0.25, -0.2) is 10.4 Å². The van der Waals surface area contributed by atoms with Crippen LogP contribution in [0, 0.1) is 0 Å². The number of benzene rings is 2. The second-order valence-electron chi connectivity index (χ2n) is 4.90. The van der Waals surface area contributed by atoms with Gasteiger partial charge in [-0.2, -0.15) is 5.10 Å². The number of H-pyrrole nitrogens is 1. The molecule has 0 atom stereocenters. The quantitative estimate of drug-likeness (QED) is 0.564. The second-order valence-corrected chi connectivity index (χ2v) is 4.90. The molecule has 7 heteroatoms. The van der Waals surface area contributed by atoms with E-state index in [1.54, 1.807) is 55.6 Å². The zero-order valence-electron chi connectivity index (χ0n) is 12.8. The average Bonchev–Trinajstić information content (AvgIpc) is 2.62. The van der Waals surface area contributed by atoms with Gasteiger partial charge in [0.15, 0.2) is 0 Å². The lowest BCUT2D eigenvalue weighted by Gasteiger charge is -2.02. The standard InChI is InChI=1S/C17H14N4O3/c1-24-12-8-6-11(7-9-12)10-18-21-17(23)15-19-14-5-3-2-4-13(14)16(22)20-15/h2-10H,1H3,(H,21,23)(H,19,20,22)/b18-10+. The number of nitrogens with one attached hydrogen (secondary N) is 2. The minimum atomic E-state index is -0.595. The highest BCUT2D eigenvalue weighted by Gasteiger charge is 2.10. The fourth-order valence-electron chi connectivity index (χ4n) is 2.10. The molecule has 0 aliphatic rings. The summed E-state index contributed by atoms with van der Waals surface area (Å²) in [6, 6.07) is 14.0. The summed E-state index contributed by atoms with van der Waals surface area (Å²) in [5.41, 5.74) is 3.20. The first-order valence-corrected chi connectivity index (χ1v) is 7.14. The SMILES string of the molecule is COc1ccc(/C=N/NC(=O)c2nc3ccccc3c(=O)[nH]2)cc1. The largest absolute Gasteiger partial charge is 0.497 e. The molecule has 0 radical (unpaired) electrons. The van der Waals surface area contributed by atoms with Gasteiger partial charge in [-0.15, -0.1) is 0 Å². The van der Waals surface area contributed by atoms with E-state index in [0.29, 0.717) is 10.9 Å². The van der Waals surface area contributed by atoms with Gasteiger partial charge in [0.25, 0.3) is 5.56 Å². The van der Waals surface area contributed by atoms with Gasteiger partial charge in [-0.1, -0.05) is 12.1 Å². The number of carbonyl (C=O) groups excluding carboxylic acids is 1. The number of aromatic nitrogens is 2. The van der Waals surface area contributed by atoms with Gasteiger partial charge < -0.3 is 9.72 Å². The van der Waals surface area contributed by atoms with Crippen LogP contribution in [0.2, 0.25) is 0 Å². The Morgan fingerprint density at radius 1 is 1.21 bits per heavy atom. The monoisotopic (exact) mass is 322 g/mol. The van der Waals surface area contributed by atoms with Gasteiger partial charge in [0.05, 0.1) is 24.2 Å². The molecule has 1 amide bonds. The number of fused-ring (bicyclic) bond motifs is 1. The Hall–Kier alpha value is -3.48. The van der Waals surface area contributed by atoms with Crippen LogP contribution in [0.3, 0.4) is 0 Å². The Balaban J connectivity index is 1.75. The fraction of sp³-hybridized carbons (Fsp3) is 0.0588. The Morgan fingerprint density at radius 3 is 2.71 bits per heavy atom. The molecule has 1 aromatic heterocycles. The lowest BCUT2D eigenvalue weighted by molar-refractivity contribution is 0.0945. The summed E-state index contributed by atoms with van der Waals surface area (Å²) in [7, 11) is 1.58. The third-order valence-electron chi connectivity index (χ3n) is 3.32. The summed E-state index contributed by atoms with van der Waals surface area (Å²) in [5.74, 6) is 0.0438. The maximum atomic E-state index is 12.1. The lowest BCUT2D eigenvalue weighted by atomic mass is 10.2. The first-order chi connectivity index (χ1) is 11.7. The van der Waals surface area contributed by atoms with Gasteiger partial charge in [0.1, 0.15) is 5.75 Å². The molecule has 0 bridgehead atoms. The zero-order valence-corrected chi connectivity index (χ0v) is 12.8. The number of ether oxygens (including phenoxy) is 1. The van der Waals surface area contributed by atoms with Crippen molar-refractivity contribution in [2.45, 2.75) is 0 Å². The number of methoxy groups -OCH3 is 1. The van der Waals surface area contributed by atoms with Crippen molar-refractivity contribution >= 4 is 23.0 Å². The minimum absolute atomic E-state index is 0.0921. The van der Waals surface area contributed by atoms with Crippen molar-refractivity contribution in [3.8, 4) is 5.75 Å². The van der Waals surface area contributed by atoms with E-state index < -0.39 is 5.91 Å². The molecule has 2 N–H and O–H groups in total. The zero-order chi connectivity index (χ0) is 16.9. The van der Waals surface area contributed by atoms with E-state index in [1.165, 1.54) is 6.21 Å². The number of hydrazone groups is 1. The number of hydrogen-bond donors (Lipinski definition) is 2. The van der Waals surface area contributed by atoms with Crippen LogP contribution in [0.15, 0.2) is 58.4 Å². The van der Waals surface area contributed by atoms with E-state index in [4.69, 9.17) is 4.74 Å². The highest BCUT2D eigenvalue weighted by molar-refractivity contribution is 5.93. The Labute approximate surface area is 137 Å². The van der Waals surface area contributed by atoms with Gasteiger partial charge in [-0.05, 0) is 42.0 Å². The van der Waals surface area contributed by atoms with Crippen molar-refractivity contribution < 1.29 is 9.53 Å². The molecule has 0 saturated heterocycles. The van der Waals surface area contributed by atoms with Crippen molar-refractivity contribution in [2.75, 3.05) is 7.11 Å². The number of carbonyl (C=O) groups is 1. The first kappa shape index (κ1) is 15.4. The van der Waals surface area contributed by atoms with E-state index in [9.17, 15) is 9.59 Å². The molecular weight excluding hydrogens is 308 g/mol. The molecule has 7 nitrogen and oxygen atoms in total. The molecule has 3 rings (SSSR count).